The van der Waals surface area contributed by atoms with Gasteiger partial charge >= 0.3 is 5.69 Å². The Morgan fingerprint density at radius 2 is 1.74 bits per heavy atom. The van der Waals surface area contributed by atoms with Crippen molar-refractivity contribution in [2.24, 2.45) is 0 Å². The molecule has 19 heavy (non-hydrogen) atoms. The van der Waals surface area contributed by atoms with E-state index in [1.54, 1.807) is 32.4 Å². The maximum Gasteiger partial charge on any atom is 0.328 e. The molecule has 6 nitrogen and oxygen atoms in total. The Morgan fingerprint density at radius 1 is 1.11 bits per heavy atom. The Morgan fingerprint density at radius 3 is 2.26 bits per heavy atom. The summed E-state index contributed by atoms with van der Waals surface area (Å²) in [5.41, 5.74) is -0.0240. The number of hydrogen-bond acceptors (Lipinski definition) is 4. The fourth-order valence-electron chi connectivity index (χ4n) is 1.72. The van der Waals surface area contributed by atoms with Gasteiger partial charge in [-0.05, 0) is 17.7 Å². The van der Waals surface area contributed by atoms with Crippen molar-refractivity contribution in [3.8, 4) is 11.5 Å². The molecule has 0 spiro atoms. The number of ether oxygens (including phenoxy) is 2. The standard InChI is InChI=1S/C13H14N2O4/c1-18-10-5-9(6-11(7-10)19-2)8-15-4-3-12(16)14-13(15)17/h3-7H,8H2,1-2H3,(H,14,16,17). The van der Waals surface area contributed by atoms with Crippen LogP contribution < -0.4 is 20.7 Å². The Hall–Kier alpha value is -2.50. The Bertz CT molecular complexity index is 665. The molecule has 0 saturated heterocycles. The summed E-state index contributed by atoms with van der Waals surface area (Å²) in [7, 11) is 3.12. The minimum Gasteiger partial charge on any atom is -0.497 e. The smallest absolute Gasteiger partial charge is 0.328 e. The largest absolute Gasteiger partial charge is 0.497 e. The van der Waals surface area contributed by atoms with Crippen LogP contribution in [0, 0.1) is 0 Å². The van der Waals surface area contributed by atoms with Gasteiger partial charge in [0.05, 0.1) is 20.8 Å². The average molecular weight is 262 g/mol. The molecule has 0 unspecified atom stereocenters. The summed E-state index contributed by atoms with van der Waals surface area (Å²) in [6.45, 7) is 0.323. The molecule has 0 atom stereocenters. The van der Waals surface area contributed by atoms with Crippen LogP contribution in [0.25, 0.3) is 0 Å². The molecule has 0 aliphatic carbocycles. The first-order valence-electron chi connectivity index (χ1n) is 5.64. The summed E-state index contributed by atoms with van der Waals surface area (Å²) >= 11 is 0. The highest BCUT2D eigenvalue weighted by Crippen LogP contribution is 2.22. The number of rotatable bonds is 4. The van der Waals surface area contributed by atoms with Gasteiger partial charge in [0.2, 0.25) is 0 Å². The van der Waals surface area contributed by atoms with Crippen molar-refractivity contribution in [1.29, 1.82) is 0 Å². The number of hydrogen-bond donors (Lipinski definition) is 1. The van der Waals surface area contributed by atoms with Gasteiger partial charge in [0.25, 0.3) is 5.56 Å². The first kappa shape index (κ1) is 12.9. The first-order chi connectivity index (χ1) is 9.12. The van der Waals surface area contributed by atoms with Crippen LogP contribution in [-0.2, 0) is 6.54 Å². The van der Waals surface area contributed by atoms with Crippen molar-refractivity contribution < 1.29 is 9.47 Å². The van der Waals surface area contributed by atoms with Gasteiger partial charge in [-0.15, -0.1) is 0 Å². The summed E-state index contributed by atoms with van der Waals surface area (Å²) < 4.78 is 11.7. The van der Waals surface area contributed by atoms with Gasteiger partial charge in [-0.3, -0.25) is 14.3 Å². The number of aromatic nitrogens is 2. The van der Waals surface area contributed by atoms with Crippen molar-refractivity contribution in [3.63, 3.8) is 0 Å². The summed E-state index contributed by atoms with van der Waals surface area (Å²) in [4.78, 5) is 24.8. The van der Waals surface area contributed by atoms with E-state index in [1.807, 2.05) is 0 Å². The molecular formula is C13H14N2O4. The zero-order valence-corrected chi connectivity index (χ0v) is 10.7. The van der Waals surface area contributed by atoms with Crippen LogP contribution in [0.2, 0.25) is 0 Å². The van der Waals surface area contributed by atoms with Crippen molar-refractivity contribution in [2.75, 3.05) is 14.2 Å². The van der Waals surface area contributed by atoms with E-state index in [0.29, 0.717) is 18.0 Å². The normalized spacial score (nSPS) is 10.2. The van der Waals surface area contributed by atoms with Gasteiger partial charge in [0.15, 0.2) is 0 Å². The summed E-state index contributed by atoms with van der Waals surface area (Å²) in [6.07, 6.45) is 1.45. The van der Waals surface area contributed by atoms with Gasteiger partial charge in [-0.1, -0.05) is 0 Å². The van der Waals surface area contributed by atoms with Crippen molar-refractivity contribution >= 4 is 0 Å². The summed E-state index contributed by atoms with van der Waals surface area (Å²) in [5, 5.41) is 0. The zero-order chi connectivity index (χ0) is 13.8. The second kappa shape index (κ2) is 5.43. The van der Waals surface area contributed by atoms with E-state index in [2.05, 4.69) is 4.98 Å². The maximum atomic E-state index is 11.6. The predicted molar refractivity (Wildman–Crippen MR) is 70.0 cm³/mol. The highest BCUT2D eigenvalue weighted by Gasteiger charge is 2.04. The topological polar surface area (TPSA) is 73.3 Å². The minimum atomic E-state index is -0.450. The molecule has 2 rings (SSSR count). The van der Waals surface area contributed by atoms with Crippen LogP contribution in [0.15, 0.2) is 40.1 Å². The quantitative estimate of drug-likeness (QED) is 0.875. The van der Waals surface area contributed by atoms with Gasteiger partial charge in [0.1, 0.15) is 11.5 Å². The lowest BCUT2D eigenvalue weighted by Gasteiger charge is -2.09. The van der Waals surface area contributed by atoms with Crippen LogP contribution in [0.5, 0.6) is 11.5 Å². The van der Waals surface area contributed by atoms with E-state index in [4.69, 9.17) is 9.47 Å². The van der Waals surface area contributed by atoms with Crippen molar-refractivity contribution in [1.82, 2.24) is 9.55 Å². The molecule has 1 heterocycles. The number of aromatic amines is 1. The fraction of sp³-hybridized carbons (Fsp3) is 0.231. The maximum absolute atomic E-state index is 11.6. The molecule has 0 aliphatic rings. The Kier molecular flexibility index (Phi) is 3.70. The lowest BCUT2D eigenvalue weighted by atomic mass is 10.2. The molecule has 0 radical (unpaired) electrons. The molecule has 100 valence electrons. The molecule has 6 heteroatoms. The first-order valence-corrected chi connectivity index (χ1v) is 5.64. The van der Waals surface area contributed by atoms with E-state index in [9.17, 15) is 9.59 Å². The summed E-state index contributed by atoms with van der Waals surface area (Å²) in [5.74, 6) is 1.29. The third-order valence-electron chi connectivity index (χ3n) is 2.66. The molecule has 0 bridgehead atoms. The van der Waals surface area contributed by atoms with Crippen LogP contribution in [0.4, 0.5) is 0 Å². The third-order valence-corrected chi connectivity index (χ3v) is 2.66. The second-order valence-electron chi connectivity index (χ2n) is 3.96. The fourth-order valence-corrected chi connectivity index (χ4v) is 1.72. The van der Waals surface area contributed by atoms with Gasteiger partial charge in [-0.25, -0.2) is 4.79 Å². The Balaban J connectivity index is 2.37. The second-order valence-corrected chi connectivity index (χ2v) is 3.96. The summed E-state index contributed by atoms with van der Waals surface area (Å²) in [6, 6.07) is 6.66. The highest BCUT2D eigenvalue weighted by molar-refractivity contribution is 5.38. The molecule has 2 aromatic rings. The molecule has 0 aliphatic heterocycles. The lowest BCUT2D eigenvalue weighted by molar-refractivity contribution is 0.393. The molecule has 1 aromatic carbocycles. The van der Waals surface area contributed by atoms with Gasteiger partial charge in [-0.2, -0.15) is 0 Å². The molecule has 0 amide bonds. The molecular weight excluding hydrogens is 248 g/mol. The number of methoxy groups -OCH3 is 2. The van der Waals surface area contributed by atoms with E-state index >= 15 is 0 Å². The average Bonchev–Trinajstić information content (AvgIpc) is 2.41. The molecule has 1 aromatic heterocycles. The minimum absolute atomic E-state index is 0.323. The van der Waals surface area contributed by atoms with Gasteiger partial charge in [0, 0.05) is 18.3 Å². The zero-order valence-electron chi connectivity index (χ0n) is 10.7. The lowest BCUT2D eigenvalue weighted by Crippen LogP contribution is -2.28. The number of benzene rings is 1. The Labute approximate surface area is 109 Å². The predicted octanol–water partition coefficient (Wildman–Crippen LogP) is 0.602. The van der Waals surface area contributed by atoms with Crippen LogP contribution in [-0.4, -0.2) is 23.8 Å². The monoisotopic (exact) mass is 262 g/mol. The van der Waals surface area contributed by atoms with Crippen LogP contribution in [0.3, 0.4) is 0 Å². The van der Waals surface area contributed by atoms with E-state index in [1.165, 1.54) is 16.8 Å². The van der Waals surface area contributed by atoms with E-state index < -0.39 is 11.2 Å². The van der Waals surface area contributed by atoms with Crippen LogP contribution in [0.1, 0.15) is 5.56 Å². The number of H-pyrrole nitrogens is 1. The highest BCUT2D eigenvalue weighted by atomic mass is 16.5. The molecule has 1 N–H and O–H groups in total. The number of nitrogens with zero attached hydrogens (tertiary/aromatic N) is 1. The van der Waals surface area contributed by atoms with Crippen molar-refractivity contribution in [3.05, 3.63) is 56.9 Å². The molecule has 0 saturated carbocycles. The van der Waals surface area contributed by atoms with Crippen LogP contribution >= 0.6 is 0 Å². The SMILES string of the molecule is COc1cc(Cn2ccc(=O)[nH]c2=O)cc(OC)c1. The van der Waals surface area contributed by atoms with Crippen molar-refractivity contribution in [2.45, 2.75) is 6.54 Å². The molecule has 0 fully saturated rings. The van der Waals surface area contributed by atoms with Gasteiger partial charge < -0.3 is 9.47 Å². The van der Waals surface area contributed by atoms with E-state index in [0.717, 1.165) is 5.56 Å². The van der Waals surface area contributed by atoms with E-state index in [-0.39, 0.29) is 0 Å². The third kappa shape index (κ3) is 3.04. The number of nitrogens with one attached hydrogen (secondary N) is 1.